The molecular formula is C26H28N4O5. The van der Waals surface area contributed by atoms with Crippen molar-refractivity contribution < 1.29 is 24.1 Å². The number of ether oxygens (including phenoxy) is 3. The Morgan fingerprint density at radius 3 is 2.29 bits per heavy atom. The molecule has 2 N–H and O–H groups in total. The number of anilines is 1. The Morgan fingerprint density at radius 1 is 1.03 bits per heavy atom. The number of rotatable bonds is 5. The monoisotopic (exact) mass is 476 g/mol. The van der Waals surface area contributed by atoms with Gasteiger partial charge in [0.05, 0.1) is 21.3 Å². The van der Waals surface area contributed by atoms with Gasteiger partial charge in [-0.05, 0) is 41.7 Å². The Morgan fingerprint density at radius 2 is 1.69 bits per heavy atom. The second-order valence-corrected chi connectivity index (χ2v) is 9.57. The van der Waals surface area contributed by atoms with E-state index in [0.29, 0.717) is 46.6 Å². The molecule has 182 valence electrons. The highest BCUT2D eigenvalue weighted by atomic mass is 16.5. The number of carbonyl (C=O) groups is 1. The van der Waals surface area contributed by atoms with Gasteiger partial charge in [-0.2, -0.15) is 4.98 Å². The lowest BCUT2D eigenvalue weighted by Crippen LogP contribution is -2.36. The standard InChI is InChI=1S/C26H28N4O5/c1-26(2)12-17-21(18(32)13-26)22(14-6-8-16(31)9-7-14)30-25(27-17)28-24(29-30)15-10-19(33-3)23(35-5)20(11-15)34-4/h6-11,22,31H,12-13H2,1-5H3,(H,27,28,29). The number of allylic oxidation sites excluding steroid dienone is 2. The van der Waals surface area contributed by atoms with Crippen LogP contribution >= 0.6 is 0 Å². The summed E-state index contributed by atoms with van der Waals surface area (Å²) in [4.78, 5) is 18.1. The van der Waals surface area contributed by atoms with E-state index < -0.39 is 6.04 Å². The molecule has 1 atom stereocenters. The van der Waals surface area contributed by atoms with Crippen molar-refractivity contribution in [2.24, 2.45) is 5.41 Å². The summed E-state index contributed by atoms with van der Waals surface area (Å²) < 4.78 is 18.2. The Balaban J connectivity index is 1.67. The average Bonchev–Trinajstić information content (AvgIpc) is 3.25. The molecule has 0 spiro atoms. The normalized spacial score (nSPS) is 18.4. The number of aromatic nitrogens is 3. The second-order valence-electron chi connectivity index (χ2n) is 9.57. The molecule has 5 rings (SSSR count). The molecule has 9 heteroatoms. The van der Waals surface area contributed by atoms with Gasteiger partial charge in [0.1, 0.15) is 11.8 Å². The molecule has 9 nitrogen and oxygen atoms in total. The van der Waals surface area contributed by atoms with E-state index in [9.17, 15) is 9.90 Å². The lowest BCUT2D eigenvalue weighted by atomic mass is 9.73. The fourth-order valence-electron chi connectivity index (χ4n) is 4.91. The number of Topliss-reactive ketones (excluding diaryl/α,β-unsaturated/α-hetero) is 1. The first-order valence-corrected chi connectivity index (χ1v) is 11.3. The fourth-order valence-corrected chi connectivity index (χ4v) is 4.91. The Bertz CT molecular complexity index is 1320. The summed E-state index contributed by atoms with van der Waals surface area (Å²) in [5, 5.41) is 18.0. The van der Waals surface area contributed by atoms with Gasteiger partial charge in [-0.3, -0.25) is 4.79 Å². The lowest BCUT2D eigenvalue weighted by molar-refractivity contribution is -0.118. The van der Waals surface area contributed by atoms with E-state index in [1.807, 2.05) is 12.1 Å². The molecule has 1 aliphatic carbocycles. The summed E-state index contributed by atoms with van der Waals surface area (Å²) in [6.07, 6.45) is 1.17. The molecule has 1 unspecified atom stereocenters. The van der Waals surface area contributed by atoms with Crippen molar-refractivity contribution in [2.45, 2.75) is 32.7 Å². The van der Waals surface area contributed by atoms with Crippen molar-refractivity contribution in [3.63, 3.8) is 0 Å². The number of fused-ring (bicyclic) bond motifs is 1. The molecule has 0 fully saturated rings. The quantitative estimate of drug-likeness (QED) is 0.560. The molecule has 0 saturated carbocycles. The number of aromatic hydroxyl groups is 1. The van der Waals surface area contributed by atoms with E-state index in [4.69, 9.17) is 24.3 Å². The van der Waals surface area contributed by atoms with E-state index in [-0.39, 0.29) is 16.9 Å². The molecule has 3 aromatic rings. The van der Waals surface area contributed by atoms with Crippen LogP contribution in [-0.4, -0.2) is 47.0 Å². The predicted octanol–water partition coefficient (Wildman–Crippen LogP) is 4.33. The van der Waals surface area contributed by atoms with Crippen LogP contribution in [0.25, 0.3) is 11.4 Å². The Hall–Kier alpha value is -4.01. The molecule has 1 aromatic heterocycles. The minimum atomic E-state index is -0.464. The third kappa shape index (κ3) is 3.86. The third-order valence-corrected chi connectivity index (χ3v) is 6.46. The van der Waals surface area contributed by atoms with Crippen LogP contribution in [0, 0.1) is 5.41 Å². The van der Waals surface area contributed by atoms with Crippen LogP contribution in [0.4, 0.5) is 5.95 Å². The number of phenols is 1. The maximum Gasteiger partial charge on any atom is 0.226 e. The molecule has 2 heterocycles. The van der Waals surface area contributed by atoms with Crippen molar-refractivity contribution in [1.29, 1.82) is 0 Å². The van der Waals surface area contributed by atoms with Crippen LogP contribution in [0.1, 0.15) is 38.3 Å². The summed E-state index contributed by atoms with van der Waals surface area (Å²) in [5.74, 6) is 2.69. The summed E-state index contributed by atoms with van der Waals surface area (Å²) in [6.45, 7) is 4.18. The molecule has 0 saturated heterocycles. The Kier molecular flexibility index (Phi) is 5.42. The van der Waals surface area contributed by atoms with Crippen molar-refractivity contribution in [1.82, 2.24) is 14.8 Å². The van der Waals surface area contributed by atoms with Gasteiger partial charge in [-0.25, -0.2) is 4.68 Å². The van der Waals surface area contributed by atoms with Crippen molar-refractivity contribution in [3.05, 3.63) is 53.2 Å². The number of hydrogen-bond donors (Lipinski definition) is 2. The molecule has 1 aliphatic heterocycles. The summed E-state index contributed by atoms with van der Waals surface area (Å²) in [5.41, 5.74) is 2.90. The van der Waals surface area contributed by atoms with Crippen molar-refractivity contribution >= 4 is 11.7 Å². The third-order valence-electron chi connectivity index (χ3n) is 6.46. The highest BCUT2D eigenvalue weighted by molar-refractivity contribution is 6.00. The molecule has 35 heavy (non-hydrogen) atoms. The van der Waals surface area contributed by atoms with E-state index in [1.165, 1.54) is 0 Å². The smallest absolute Gasteiger partial charge is 0.226 e. The van der Waals surface area contributed by atoms with Gasteiger partial charge >= 0.3 is 0 Å². The minimum Gasteiger partial charge on any atom is -0.508 e. The van der Waals surface area contributed by atoms with E-state index in [0.717, 1.165) is 17.7 Å². The number of ketones is 1. The highest BCUT2D eigenvalue weighted by Gasteiger charge is 2.42. The number of phenolic OH excluding ortho intramolecular Hbond substituents is 1. The lowest BCUT2D eigenvalue weighted by Gasteiger charge is -2.38. The average molecular weight is 477 g/mol. The van der Waals surface area contributed by atoms with Crippen molar-refractivity contribution in [2.75, 3.05) is 26.6 Å². The van der Waals surface area contributed by atoms with Crippen LogP contribution in [-0.2, 0) is 4.79 Å². The summed E-state index contributed by atoms with van der Waals surface area (Å²) >= 11 is 0. The van der Waals surface area contributed by atoms with Gasteiger partial charge in [0.2, 0.25) is 11.7 Å². The number of methoxy groups -OCH3 is 3. The van der Waals surface area contributed by atoms with E-state index >= 15 is 0 Å². The molecule has 0 bridgehead atoms. The topological polar surface area (TPSA) is 108 Å². The minimum absolute atomic E-state index is 0.0808. The largest absolute Gasteiger partial charge is 0.508 e. The number of nitrogens with one attached hydrogen (secondary N) is 1. The van der Waals surface area contributed by atoms with Crippen molar-refractivity contribution in [3.8, 4) is 34.4 Å². The first kappa shape index (κ1) is 22.8. The van der Waals surface area contributed by atoms with Crippen LogP contribution in [0.15, 0.2) is 47.7 Å². The molecular weight excluding hydrogens is 448 g/mol. The number of benzene rings is 2. The Labute approximate surface area is 203 Å². The van der Waals surface area contributed by atoms with Gasteiger partial charge in [-0.15, -0.1) is 5.10 Å². The fraction of sp³-hybridized carbons (Fsp3) is 0.346. The maximum atomic E-state index is 13.4. The van der Waals surface area contributed by atoms with Gasteiger partial charge in [0, 0.05) is 23.3 Å². The van der Waals surface area contributed by atoms with Gasteiger partial charge in [0.25, 0.3) is 0 Å². The van der Waals surface area contributed by atoms with Gasteiger partial charge in [-0.1, -0.05) is 26.0 Å². The number of carbonyl (C=O) groups excluding carboxylic acids is 1. The predicted molar refractivity (Wildman–Crippen MR) is 130 cm³/mol. The maximum absolute atomic E-state index is 13.4. The zero-order valence-electron chi connectivity index (χ0n) is 20.4. The molecule has 2 aliphatic rings. The molecule has 2 aromatic carbocycles. The van der Waals surface area contributed by atoms with E-state index in [1.54, 1.807) is 50.3 Å². The molecule has 0 radical (unpaired) electrons. The van der Waals surface area contributed by atoms with Crippen LogP contribution in [0.3, 0.4) is 0 Å². The first-order chi connectivity index (χ1) is 16.7. The zero-order chi connectivity index (χ0) is 24.9. The van der Waals surface area contributed by atoms with Gasteiger partial charge < -0.3 is 24.6 Å². The van der Waals surface area contributed by atoms with Crippen LogP contribution in [0.2, 0.25) is 0 Å². The second kappa shape index (κ2) is 8.33. The SMILES string of the molecule is COc1cc(-c2nc3n(n2)C(c2ccc(O)cc2)C2=C(CC(C)(C)CC2=O)N3)cc(OC)c1OC. The van der Waals surface area contributed by atoms with Crippen LogP contribution < -0.4 is 19.5 Å². The first-order valence-electron chi connectivity index (χ1n) is 11.3. The number of nitrogens with zero attached hydrogens (tertiary/aromatic N) is 3. The highest BCUT2D eigenvalue weighted by Crippen LogP contribution is 2.46. The van der Waals surface area contributed by atoms with Crippen LogP contribution in [0.5, 0.6) is 23.0 Å². The number of hydrogen-bond acceptors (Lipinski definition) is 8. The van der Waals surface area contributed by atoms with E-state index in [2.05, 4.69) is 19.2 Å². The molecule has 0 amide bonds. The summed E-state index contributed by atoms with van der Waals surface area (Å²) in [6, 6.07) is 9.98. The summed E-state index contributed by atoms with van der Waals surface area (Å²) in [7, 11) is 4.66. The van der Waals surface area contributed by atoms with Gasteiger partial charge in [0.15, 0.2) is 23.1 Å². The zero-order valence-corrected chi connectivity index (χ0v) is 20.4.